The summed E-state index contributed by atoms with van der Waals surface area (Å²) in [6, 6.07) is 13.9. The summed E-state index contributed by atoms with van der Waals surface area (Å²) in [5.74, 6) is 6.08. The molecule has 0 fully saturated rings. The number of rotatable bonds is 6. The van der Waals surface area contributed by atoms with Gasteiger partial charge in [0.2, 0.25) is 0 Å². The first-order valence-corrected chi connectivity index (χ1v) is 9.33. The monoisotopic (exact) mass is 387 g/mol. The van der Waals surface area contributed by atoms with Crippen LogP contribution in [0.25, 0.3) is 16.6 Å². The number of halogens is 1. The van der Waals surface area contributed by atoms with Gasteiger partial charge in [-0.1, -0.05) is 49.3 Å². The molecule has 0 bridgehead atoms. The van der Waals surface area contributed by atoms with E-state index in [4.69, 9.17) is 0 Å². The van der Waals surface area contributed by atoms with Crippen molar-refractivity contribution in [3.8, 4) is 11.8 Å². The standard InChI is InChI=1S/C24H22FN3O/c1-4-17(2)28-23(27-21-15-10-14-20(25)22(21)24(28)29)18(3)26-16-9-8-13-19-11-6-5-7-12-19/h4-7,10-12,14-15,18,26H,1-2,9,16H2,3H3. The number of aromatic nitrogens is 2. The molecule has 146 valence electrons. The van der Waals surface area contributed by atoms with Gasteiger partial charge < -0.3 is 5.32 Å². The molecule has 1 unspecified atom stereocenters. The summed E-state index contributed by atoms with van der Waals surface area (Å²) < 4.78 is 15.5. The zero-order valence-corrected chi connectivity index (χ0v) is 16.3. The lowest BCUT2D eigenvalue weighted by molar-refractivity contribution is 0.542. The first-order valence-electron chi connectivity index (χ1n) is 9.33. The molecule has 0 aliphatic carbocycles. The van der Waals surface area contributed by atoms with Crippen molar-refractivity contribution in [2.45, 2.75) is 19.4 Å². The fourth-order valence-corrected chi connectivity index (χ4v) is 2.99. The van der Waals surface area contributed by atoms with Crippen molar-refractivity contribution >= 4 is 16.6 Å². The predicted molar refractivity (Wildman–Crippen MR) is 116 cm³/mol. The quantitative estimate of drug-likeness (QED) is 0.390. The molecule has 1 atom stereocenters. The Kier molecular flexibility index (Phi) is 6.38. The van der Waals surface area contributed by atoms with E-state index < -0.39 is 11.4 Å². The predicted octanol–water partition coefficient (Wildman–Crippen LogP) is 4.28. The van der Waals surface area contributed by atoms with Gasteiger partial charge in [-0.25, -0.2) is 9.37 Å². The minimum Gasteiger partial charge on any atom is -0.307 e. The Bertz CT molecular complexity index is 1170. The summed E-state index contributed by atoms with van der Waals surface area (Å²) in [6.45, 7) is 10.0. The molecule has 0 aliphatic rings. The molecule has 0 spiro atoms. The highest BCUT2D eigenvalue weighted by molar-refractivity contribution is 5.79. The fourth-order valence-electron chi connectivity index (χ4n) is 2.99. The van der Waals surface area contributed by atoms with Gasteiger partial charge in [0.25, 0.3) is 5.56 Å². The normalized spacial score (nSPS) is 11.5. The first kappa shape index (κ1) is 20.2. The number of nitrogens with zero attached hydrogens (tertiary/aromatic N) is 2. The average Bonchev–Trinajstić information content (AvgIpc) is 2.73. The molecule has 2 aromatic carbocycles. The third-order valence-corrected chi connectivity index (χ3v) is 4.49. The lowest BCUT2D eigenvalue weighted by atomic mass is 10.2. The second kappa shape index (κ2) is 9.13. The van der Waals surface area contributed by atoms with E-state index in [9.17, 15) is 9.18 Å². The molecule has 0 amide bonds. The maximum Gasteiger partial charge on any atom is 0.268 e. The minimum atomic E-state index is -0.603. The molecule has 4 nitrogen and oxygen atoms in total. The van der Waals surface area contributed by atoms with Crippen molar-refractivity contribution in [3.63, 3.8) is 0 Å². The van der Waals surface area contributed by atoms with Gasteiger partial charge in [0.15, 0.2) is 0 Å². The Balaban J connectivity index is 1.84. The van der Waals surface area contributed by atoms with E-state index in [0.29, 0.717) is 30.0 Å². The van der Waals surface area contributed by atoms with E-state index in [-0.39, 0.29) is 11.4 Å². The number of allylic oxidation sites excluding steroid dienone is 2. The Morgan fingerprint density at radius 1 is 1.28 bits per heavy atom. The highest BCUT2D eigenvalue weighted by Crippen LogP contribution is 2.18. The van der Waals surface area contributed by atoms with Crippen LogP contribution in [0.15, 0.2) is 72.6 Å². The van der Waals surface area contributed by atoms with E-state index in [1.165, 1.54) is 22.8 Å². The lowest BCUT2D eigenvalue weighted by Crippen LogP contribution is -2.31. The van der Waals surface area contributed by atoms with Crippen LogP contribution >= 0.6 is 0 Å². The number of benzene rings is 2. The van der Waals surface area contributed by atoms with Crippen molar-refractivity contribution in [2.24, 2.45) is 0 Å². The van der Waals surface area contributed by atoms with Gasteiger partial charge in [-0.3, -0.25) is 9.36 Å². The van der Waals surface area contributed by atoms with Crippen LogP contribution in [0, 0.1) is 17.7 Å². The smallest absolute Gasteiger partial charge is 0.268 e. The SMILES string of the molecule is C=CC(=C)n1c(C(C)NCCC#Cc2ccccc2)nc2cccc(F)c2c1=O. The summed E-state index contributed by atoms with van der Waals surface area (Å²) >= 11 is 0. The molecule has 1 N–H and O–H groups in total. The van der Waals surface area contributed by atoms with Gasteiger partial charge >= 0.3 is 0 Å². The van der Waals surface area contributed by atoms with Gasteiger partial charge in [0.05, 0.1) is 11.6 Å². The molecule has 0 saturated carbocycles. The van der Waals surface area contributed by atoms with Gasteiger partial charge in [-0.2, -0.15) is 0 Å². The lowest BCUT2D eigenvalue weighted by Gasteiger charge is -2.19. The number of nitrogens with one attached hydrogen (secondary N) is 1. The fraction of sp³-hybridized carbons (Fsp3) is 0.167. The molecule has 29 heavy (non-hydrogen) atoms. The molecule has 5 heteroatoms. The first-order chi connectivity index (χ1) is 14.0. The zero-order valence-electron chi connectivity index (χ0n) is 16.3. The largest absolute Gasteiger partial charge is 0.307 e. The average molecular weight is 387 g/mol. The second-order valence-electron chi connectivity index (χ2n) is 6.53. The van der Waals surface area contributed by atoms with E-state index in [1.54, 1.807) is 6.07 Å². The zero-order chi connectivity index (χ0) is 20.8. The Labute approximate surface area is 169 Å². The molecule has 1 heterocycles. The molecule has 0 aliphatic heterocycles. The number of hydrogen-bond donors (Lipinski definition) is 1. The van der Waals surface area contributed by atoms with Crippen LogP contribution in [0.2, 0.25) is 0 Å². The molecule has 0 saturated heterocycles. The third kappa shape index (κ3) is 4.50. The van der Waals surface area contributed by atoms with Crippen LogP contribution in [0.4, 0.5) is 4.39 Å². The maximum atomic E-state index is 14.2. The summed E-state index contributed by atoms with van der Waals surface area (Å²) in [6.07, 6.45) is 2.09. The van der Waals surface area contributed by atoms with Gasteiger partial charge in [0, 0.05) is 24.2 Å². The minimum absolute atomic E-state index is 0.0554. The van der Waals surface area contributed by atoms with Gasteiger partial charge in [-0.05, 0) is 37.3 Å². The molecule has 0 radical (unpaired) electrons. The molecule has 1 aromatic heterocycles. The summed E-state index contributed by atoms with van der Waals surface area (Å²) in [5.41, 5.74) is 1.14. The van der Waals surface area contributed by atoms with E-state index >= 15 is 0 Å². The van der Waals surface area contributed by atoms with E-state index in [2.05, 4.69) is 35.3 Å². The van der Waals surface area contributed by atoms with Crippen molar-refractivity contribution in [1.82, 2.24) is 14.9 Å². The van der Waals surface area contributed by atoms with E-state index in [1.807, 2.05) is 37.3 Å². The van der Waals surface area contributed by atoms with Crippen LogP contribution in [-0.4, -0.2) is 16.1 Å². The molecule has 3 aromatic rings. The van der Waals surface area contributed by atoms with Gasteiger partial charge in [-0.15, -0.1) is 0 Å². The van der Waals surface area contributed by atoms with Crippen molar-refractivity contribution in [2.75, 3.05) is 6.54 Å². The Morgan fingerprint density at radius 2 is 2.03 bits per heavy atom. The van der Waals surface area contributed by atoms with Crippen LogP contribution in [0.5, 0.6) is 0 Å². The molecular formula is C24H22FN3O. The van der Waals surface area contributed by atoms with Crippen molar-refractivity contribution < 1.29 is 4.39 Å². The summed E-state index contributed by atoms with van der Waals surface area (Å²) in [4.78, 5) is 17.5. The van der Waals surface area contributed by atoms with Gasteiger partial charge in [0.1, 0.15) is 17.0 Å². The highest BCUT2D eigenvalue weighted by Gasteiger charge is 2.19. The Morgan fingerprint density at radius 3 is 2.76 bits per heavy atom. The highest BCUT2D eigenvalue weighted by atomic mass is 19.1. The van der Waals surface area contributed by atoms with Crippen molar-refractivity contribution in [3.05, 3.63) is 95.3 Å². The number of hydrogen-bond acceptors (Lipinski definition) is 3. The van der Waals surface area contributed by atoms with E-state index in [0.717, 1.165) is 5.56 Å². The van der Waals surface area contributed by atoms with Crippen molar-refractivity contribution in [1.29, 1.82) is 0 Å². The Hall–Kier alpha value is -3.49. The van der Waals surface area contributed by atoms with Crippen LogP contribution in [-0.2, 0) is 0 Å². The summed E-state index contributed by atoms with van der Waals surface area (Å²) in [7, 11) is 0. The van der Waals surface area contributed by atoms with Crippen LogP contribution in [0.1, 0.15) is 30.8 Å². The topological polar surface area (TPSA) is 46.9 Å². The van der Waals surface area contributed by atoms with Crippen LogP contribution in [0.3, 0.4) is 0 Å². The molecule has 3 rings (SSSR count). The number of fused-ring (bicyclic) bond motifs is 1. The summed E-state index contributed by atoms with van der Waals surface area (Å²) in [5, 5.41) is 3.26. The third-order valence-electron chi connectivity index (χ3n) is 4.49. The maximum absolute atomic E-state index is 14.2. The van der Waals surface area contributed by atoms with Crippen LogP contribution < -0.4 is 10.9 Å². The second-order valence-corrected chi connectivity index (χ2v) is 6.53. The molecular weight excluding hydrogens is 365 g/mol.